The van der Waals surface area contributed by atoms with Crippen molar-refractivity contribution in [2.75, 3.05) is 5.06 Å². The maximum Gasteiger partial charge on any atom is 0.153 e. The summed E-state index contributed by atoms with van der Waals surface area (Å²) in [7, 11) is 0. The molecule has 72 valence electrons. The third kappa shape index (κ3) is 1.21. The number of fused-ring (bicyclic) bond motifs is 2. The molecule has 2 bridgehead atoms. The van der Waals surface area contributed by atoms with Crippen LogP contribution in [0.15, 0.2) is 36.5 Å². The lowest BCUT2D eigenvalue weighted by Crippen LogP contribution is -2.46. The average molecular weight is 188 g/mol. The van der Waals surface area contributed by atoms with Crippen LogP contribution in [0.2, 0.25) is 0 Å². The molecule has 0 radical (unpaired) electrons. The second kappa shape index (κ2) is 3.10. The molecule has 0 aromatic carbocycles. The summed E-state index contributed by atoms with van der Waals surface area (Å²) in [5.41, 5.74) is 0. The van der Waals surface area contributed by atoms with E-state index in [0.717, 1.165) is 18.7 Å². The molecule has 0 N–H and O–H groups in total. The van der Waals surface area contributed by atoms with Gasteiger partial charge < -0.3 is 0 Å². The molecule has 3 aliphatic rings. The molecule has 1 aromatic heterocycles. The number of nitrogens with zero attached hydrogens (tertiary/aromatic N) is 2. The van der Waals surface area contributed by atoms with Gasteiger partial charge in [-0.3, -0.25) is 4.84 Å². The molecule has 1 fully saturated rings. The van der Waals surface area contributed by atoms with E-state index in [1.165, 1.54) is 0 Å². The third-order valence-corrected chi connectivity index (χ3v) is 2.72. The molecule has 0 saturated carbocycles. The Morgan fingerprint density at radius 3 is 2.86 bits per heavy atom. The van der Waals surface area contributed by atoms with Crippen LogP contribution in [0.25, 0.3) is 0 Å². The average Bonchev–Trinajstić information content (AvgIpc) is 2.32. The minimum absolute atomic E-state index is 0.252. The Balaban J connectivity index is 1.91. The van der Waals surface area contributed by atoms with E-state index in [1.54, 1.807) is 6.20 Å². The van der Waals surface area contributed by atoms with E-state index in [0.29, 0.717) is 6.04 Å². The lowest BCUT2D eigenvalue weighted by atomic mass is 9.98. The Morgan fingerprint density at radius 2 is 2.29 bits per heavy atom. The van der Waals surface area contributed by atoms with Crippen molar-refractivity contribution in [2.45, 2.75) is 25.0 Å². The lowest BCUT2D eigenvalue weighted by Gasteiger charge is -2.40. The molecular formula is C11H12N2O. The van der Waals surface area contributed by atoms with E-state index in [2.05, 4.69) is 17.1 Å². The van der Waals surface area contributed by atoms with Crippen LogP contribution in [-0.2, 0) is 4.84 Å². The molecule has 0 amide bonds. The van der Waals surface area contributed by atoms with Gasteiger partial charge in [0.1, 0.15) is 6.10 Å². The third-order valence-electron chi connectivity index (χ3n) is 2.72. The smallest absolute Gasteiger partial charge is 0.153 e. The number of rotatable bonds is 1. The summed E-state index contributed by atoms with van der Waals surface area (Å²) < 4.78 is 0. The second-order valence-electron chi connectivity index (χ2n) is 3.69. The monoisotopic (exact) mass is 188 g/mol. The predicted octanol–water partition coefficient (Wildman–Crippen LogP) is 1.92. The van der Waals surface area contributed by atoms with Crippen LogP contribution in [-0.4, -0.2) is 17.1 Å². The van der Waals surface area contributed by atoms with Gasteiger partial charge in [0.2, 0.25) is 0 Å². The fraction of sp³-hybridized carbons (Fsp3) is 0.364. The van der Waals surface area contributed by atoms with Gasteiger partial charge >= 0.3 is 0 Å². The Bertz CT molecular complexity index is 350. The maximum absolute atomic E-state index is 5.76. The first kappa shape index (κ1) is 8.00. The molecule has 4 rings (SSSR count). The highest BCUT2D eigenvalue weighted by Gasteiger charge is 2.31. The summed E-state index contributed by atoms with van der Waals surface area (Å²) in [5, 5.41) is 1.92. The summed E-state index contributed by atoms with van der Waals surface area (Å²) in [6, 6.07) is 6.25. The topological polar surface area (TPSA) is 25.4 Å². The van der Waals surface area contributed by atoms with Gasteiger partial charge in [-0.2, -0.15) is 0 Å². The van der Waals surface area contributed by atoms with Crippen molar-refractivity contribution in [3.8, 4) is 0 Å². The van der Waals surface area contributed by atoms with Crippen LogP contribution in [0.5, 0.6) is 0 Å². The highest BCUT2D eigenvalue weighted by molar-refractivity contribution is 5.39. The number of aromatic nitrogens is 1. The molecule has 2 atom stereocenters. The fourth-order valence-electron chi connectivity index (χ4n) is 1.99. The fourth-order valence-corrected chi connectivity index (χ4v) is 1.99. The molecular weight excluding hydrogens is 176 g/mol. The Morgan fingerprint density at radius 1 is 1.29 bits per heavy atom. The minimum atomic E-state index is 0.252. The van der Waals surface area contributed by atoms with Crippen LogP contribution >= 0.6 is 0 Å². The van der Waals surface area contributed by atoms with Crippen LogP contribution < -0.4 is 5.06 Å². The van der Waals surface area contributed by atoms with Crippen LogP contribution in [0.1, 0.15) is 12.8 Å². The van der Waals surface area contributed by atoms with Gasteiger partial charge in [-0.15, -0.1) is 0 Å². The SMILES string of the molecule is C1=C[C@H]2CC[C@@H]1ON2c1ccccn1. The van der Waals surface area contributed by atoms with Gasteiger partial charge in [0.15, 0.2) is 5.82 Å². The Kier molecular flexibility index (Phi) is 1.77. The molecule has 0 spiro atoms. The van der Waals surface area contributed by atoms with Crippen LogP contribution in [0, 0.1) is 0 Å². The van der Waals surface area contributed by atoms with E-state index in [1.807, 2.05) is 23.3 Å². The highest BCUT2D eigenvalue weighted by atomic mass is 16.7. The highest BCUT2D eigenvalue weighted by Crippen LogP contribution is 2.30. The van der Waals surface area contributed by atoms with E-state index < -0.39 is 0 Å². The Hall–Kier alpha value is -1.35. The van der Waals surface area contributed by atoms with Crippen molar-refractivity contribution in [1.82, 2.24) is 4.98 Å². The van der Waals surface area contributed by atoms with Crippen LogP contribution in [0.4, 0.5) is 5.82 Å². The summed E-state index contributed by atoms with van der Waals surface area (Å²) in [5.74, 6) is 0.909. The molecule has 1 aromatic rings. The van der Waals surface area contributed by atoms with Crippen molar-refractivity contribution >= 4 is 5.82 Å². The largest absolute Gasteiger partial charge is 0.264 e. The van der Waals surface area contributed by atoms with E-state index >= 15 is 0 Å². The zero-order valence-electron chi connectivity index (χ0n) is 7.84. The molecule has 1 saturated heterocycles. The molecule has 14 heavy (non-hydrogen) atoms. The predicted molar refractivity (Wildman–Crippen MR) is 53.8 cm³/mol. The first-order valence-corrected chi connectivity index (χ1v) is 4.99. The quantitative estimate of drug-likeness (QED) is 0.629. The molecule has 0 unspecified atom stereocenters. The number of hydrogen-bond acceptors (Lipinski definition) is 3. The summed E-state index contributed by atoms with van der Waals surface area (Å²) in [4.78, 5) is 10.0. The van der Waals surface area contributed by atoms with E-state index in [-0.39, 0.29) is 6.10 Å². The van der Waals surface area contributed by atoms with Crippen molar-refractivity contribution in [3.63, 3.8) is 0 Å². The zero-order valence-corrected chi connectivity index (χ0v) is 7.84. The summed E-state index contributed by atoms with van der Waals surface area (Å²) in [6.45, 7) is 0. The number of hydrogen-bond donors (Lipinski definition) is 0. The molecule has 3 heteroatoms. The van der Waals surface area contributed by atoms with Crippen molar-refractivity contribution in [3.05, 3.63) is 36.5 Å². The van der Waals surface area contributed by atoms with Crippen molar-refractivity contribution < 1.29 is 4.84 Å². The van der Waals surface area contributed by atoms with Crippen molar-refractivity contribution in [2.24, 2.45) is 0 Å². The van der Waals surface area contributed by atoms with E-state index in [4.69, 9.17) is 4.84 Å². The first-order chi connectivity index (χ1) is 6.93. The van der Waals surface area contributed by atoms with Gasteiger partial charge in [-0.1, -0.05) is 18.2 Å². The number of hydroxylamine groups is 1. The van der Waals surface area contributed by atoms with Gasteiger partial charge in [-0.05, 0) is 25.0 Å². The van der Waals surface area contributed by atoms with Gasteiger partial charge in [-0.25, -0.2) is 10.0 Å². The number of pyridine rings is 1. The van der Waals surface area contributed by atoms with Gasteiger partial charge in [0.25, 0.3) is 0 Å². The maximum atomic E-state index is 5.76. The first-order valence-electron chi connectivity index (χ1n) is 4.99. The summed E-state index contributed by atoms with van der Waals surface area (Å²) in [6.07, 6.45) is 8.70. The molecule has 1 aliphatic carbocycles. The zero-order chi connectivity index (χ0) is 9.38. The van der Waals surface area contributed by atoms with Crippen LogP contribution in [0.3, 0.4) is 0 Å². The standard InChI is InChI=1S/C11H12N2O/c1-2-8-12-11(3-1)13-9-4-6-10(14-13)7-5-9/h1-4,6,8-10H,5,7H2/t9-,10+/m0/s1. The molecule has 3 heterocycles. The molecule has 3 nitrogen and oxygen atoms in total. The van der Waals surface area contributed by atoms with Gasteiger partial charge in [0.05, 0.1) is 6.04 Å². The minimum Gasteiger partial charge on any atom is -0.264 e. The normalized spacial score (nSPS) is 29.6. The summed E-state index contributed by atoms with van der Waals surface area (Å²) >= 11 is 0. The van der Waals surface area contributed by atoms with E-state index in [9.17, 15) is 0 Å². The Labute approximate surface area is 83.0 Å². The molecule has 2 aliphatic heterocycles. The van der Waals surface area contributed by atoms with Crippen molar-refractivity contribution in [1.29, 1.82) is 0 Å². The number of anilines is 1. The second-order valence-corrected chi connectivity index (χ2v) is 3.69. The van der Waals surface area contributed by atoms with Gasteiger partial charge in [0, 0.05) is 6.20 Å². The lowest BCUT2D eigenvalue weighted by molar-refractivity contribution is 0.00215.